The SMILES string of the molecule is c1ccc(-c2ccc(N(c3ccccc3)c3cc4c(oc5cccc(-c6cccc(-c7ccccc7)c6)c54)c4ccccc34)cc2)cc1. The minimum Gasteiger partial charge on any atom is -0.455 e. The molecule has 0 bridgehead atoms. The first kappa shape index (κ1) is 27.9. The van der Waals surface area contributed by atoms with Gasteiger partial charge < -0.3 is 9.32 Å². The number of anilines is 3. The van der Waals surface area contributed by atoms with Crippen LogP contribution >= 0.6 is 0 Å². The second kappa shape index (κ2) is 11.8. The fourth-order valence-electron chi connectivity index (χ4n) is 6.99. The Bertz CT molecular complexity index is 2530. The molecular weight excluding hydrogens is 583 g/mol. The lowest BCUT2D eigenvalue weighted by molar-refractivity contribution is 0.673. The number of hydrogen-bond acceptors (Lipinski definition) is 2. The molecule has 0 aliphatic carbocycles. The highest BCUT2D eigenvalue weighted by molar-refractivity contribution is 6.22. The molecule has 0 fully saturated rings. The van der Waals surface area contributed by atoms with Gasteiger partial charge in [-0.05, 0) is 75.8 Å². The van der Waals surface area contributed by atoms with Crippen LogP contribution in [0, 0.1) is 0 Å². The van der Waals surface area contributed by atoms with E-state index in [1.807, 2.05) is 0 Å². The number of para-hydroxylation sites is 1. The van der Waals surface area contributed by atoms with E-state index in [0.29, 0.717) is 0 Å². The summed E-state index contributed by atoms with van der Waals surface area (Å²) >= 11 is 0. The highest BCUT2D eigenvalue weighted by Crippen LogP contribution is 2.46. The molecule has 2 nitrogen and oxygen atoms in total. The zero-order valence-electron chi connectivity index (χ0n) is 26.3. The Labute approximate surface area is 279 Å². The molecule has 0 amide bonds. The van der Waals surface area contributed by atoms with Gasteiger partial charge >= 0.3 is 0 Å². The molecule has 9 aromatic rings. The fourth-order valence-corrected chi connectivity index (χ4v) is 6.99. The lowest BCUT2D eigenvalue weighted by atomic mass is 9.95. The molecule has 0 unspecified atom stereocenters. The van der Waals surface area contributed by atoms with Crippen LogP contribution in [0.4, 0.5) is 17.1 Å². The molecule has 8 aromatic carbocycles. The highest BCUT2D eigenvalue weighted by Gasteiger charge is 2.21. The van der Waals surface area contributed by atoms with E-state index in [1.54, 1.807) is 0 Å². The summed E-state index contributed by atoms with van der Waals surface area (Å²) in [6.07, 6.45) is 0. The van der Waals surface area contributed by atoms with Gasteiger partial charge in [0.2, 0.25) is 0 Å². The van der Waals surface area contributed by atoms with Crippen molar-refractivity contribution in [1.82, 2.24) is 0 Å². The number of hydrogen-bond donors (Lipinski definition) is 0. The van der Waals surface area contributed by atoms with E-state index in [-0.39, 0.29) is 0 Å². The maximum absolute atomic E-state index is 6.74. The molecule has 0 N–H and O–H groups in total. The summed E-state index contributed by atoms with van der Waals surface area (Å²) in [6, 6.07) is 66.8. The zero-order chi connectivity index (χ0) is 31.9. The fraction of sp³-hybridized carbons (Fsp3) is 0. The second-order valence-electron chi connectivity index (χ2n) is 12.1. The number of rotatable bonds is 6. The van der Waals surface area contributed by atoms with Crippen molar-refractivity contribution in [2.24, 2.45) is 0 Å². The maximum atomic E-state index is 6.74. The Morgan fingerprint density at radius 2 is 0.896 bits per heavy atom. The van der Waals surface area contributed by atoms with Crippen LogP contribution < -0.4 is 4.90 Å². The quantitative estimate of drug-likeness (QED) is 0.185. The van der Waals surface area contributed by atoms with E-state index >= 15 is 0 Å². The monoisotopic (exact) mass is 613 g/mol. The van der Waals surface area contributed by atoms with Crippen molar-refractivity contribution in [3.05, 3.63) is 188 Å². The smallest absolute Gasteiger partial charge is 0.143 e. The molecular formula is C46H31NO. The summed E-state index contributed by atoms with van der Waals surface area (Å²) in [5.41, 5.74) is 12.2. The van der Waals surface area contributed by atoms with Crippen molar-refractivity contribution in [1.29, 1.82) is 0 Å². The van der Waals surface area contributed by atoms with E-state index in [1.165, 1.54) is 22.3 Å². The lowest BCUT2D eigenvalue weighted by Crippen LogP contribution is -2.10. The van der Waals surface area contributed by atoms with Crippen LogP contribution in [-0.2, 0) is 0 Å². The predicted octanol–water partition coefficient (Wildman–Crippen LogP) is 13.2. The molecule has 1 heterocycles. The van der Waals surface area contributed by atoms with Crippen molar-refractivity contribution in [2.45, 2.75) is 0 Å². The summed E-state index contributed by atoms with van der Waals surface area (Å²) in [6.45, 7) is 0. The third-order valence-corrected chi connectivity index (χ3v) is 9.25. The van der Waals surface area contributed by atoms with Crippen LogP contribution in [0.5, 0.6) is 0 Å². The van der Waals surface area contributed by atoms with Gasteiger partial charge in [0.15, 0.2) is 0 Å². The van der Waals surface area contributed by atoms with Crippen LogP contribution in [0.1, 0.15) is 0 Å². The third kappa shape index (κ3) is 4.83. The van der Waals surface area contributed by atoms with E-state index in [0.717, 1.165) is 60.9 Å². The minimum absolute atomic E-state index is 0.883. The Morgan fingerprint density at radius 3 is 1.62 bits per heavy atom. The van der Waals surface area contributed by atoms with Crippen LogP contribution in [0.3, 0.4) is 0 Å². The molecule has 0 aliphatic rings. The predicted molar refractivity (Wildman–Crippen MR) is 202 cm³/mol. The number of benzene rings is 8. The van der Waals surface area contributed by atoms with Crippen molar-refractivity contribution in [2.75, 3.05) is 4.90 Å². The molecule has 0 spiro atoms. The highest BCUT2D eigenvalue weighted by atomic mass is 16.3. The summed E-state index contributed by atoms with van der Waals surface area (Å²) in [5, 5.41) is 4.44. The molecule has 226 valence electrons. The largest absolute Gasteiger partial charge is 0.455 e. The van der Waals surface area contributed by atoms with Crippen LogP contribution in [0.15, 0.2) is 192 Å². The number of nitrogens with zero attached hydrogens (tertiary/aromatic N) is 1. The van der Waals surface area contributed by atoms with Crippen LogP contribution in [0.2, 0.25) is 0 Å². The number of fused-ring (bicyclic) bond motifs is 5. The van der Waals surface area contributed by atoms with Gasteiger partial charge in [-0.3, -0.25) is 0 Å². The van der Waals surface area contributed by atoms with Gasteiger partial charge in [0.05, 0.1) is 5.69 Å². The Hall–Kier alpha value is -6.38. The molecule has 0 radical (unpaired) electrons. The van der Waals surface area contributed by atoms with Crippen molar-refractivity contribution in [3.63, 3.8) is 0 Å². The standard InChI is InChI=1S/C46H31NO/c1-4-14-32(15-5-1)34-26-28-38(29-27-34)47(37-20-8-3-9-21-37)43-31-42-45-39(36-19-12-18-35(30-36)33-16-6-2-7-17-33)24-13-25-44(45)48-46(42)41-23-11-10-22-40(41)43/h1-31H. The third-order valence-electron chi connectivity index (χ3n) is 9.25. The normalized spacial score (nSPS) is 11.3. The van der Waals surface area contributed by atoms with Crippen molar-refractivity contribution < 1.29 is 4.42 Å². The molecule has 1 aromatic heterocycles. The average molecular weight is 614 g/mol. The lowest BCUT2D eigenvalue weighted by Gasteiger charge is -2.27. The minimum atomic E-state index is 0.883. The van der Waals surface area contributed by atoms with Crippen molar-refractivity contribution in [3.8, 4) is 33.4 Å². The Balaban J connectivity index is 1.29. The van der Waals surface area contributed by atoms with Gasteiger partial charge in [0, 0.05) is 32.9 Å². The van der Waals surface area contributed by atoms with E-state index in [9.17, 15) is 0 Å². The Morgan fingerprint density at radius 1 is 0.354 bits per heavy atom. The average Bonchev–Trinajstić information content (AvgIpc) is 3.56. The van der Waals surface area contributed by atoms with Gasteiger partial charge in [-0.1, -0.05) is 146 Å². The second-order valence-corrected chi connectivity index (χ2v) is 12.1. The molecule has 9 rings (SSSR count). The van der Waals surface area contributed by atoms with E-state index < -0.39 is 0 Å². The summed E-state index contributed by atoms with van der Waals surface area (Å²) in [4.78, 5) is 2.37. The Kier molecular flexibility index (Phi) is 6.84. The molecule has 0 saturated heterocycles. The molecule has 0 aliphatic heterocycles. The molecule has 2 heteroatoms. The summed E-state index contributed by atoms with van der Waals surface area (Å²) in [5.74, 6) is 0. The first-order valence-corrected chi connectivity index (χ1v) is 16.4. The molecule has 0 atom stereocenters. The molecule has 48 heavy (non-hydrogen) atoms. The number of furan rings is 1. The topological polar surface area (TPSA) is 16.4 Å². The first-order valence-electron chi connectivity index (χ1n) is 16.4. The van der Waals surface area contributed by atoms with Gasteiger partial charge in [-0.15, -0.1) is 0 Å². The van der Waals surface area contributed by atoms with Crippen molar-refractivity contribution >= 4 is 49.8 Å². The van der Waals surface area contributed by atoms with Gasteiger partial charge in [0.25, 0.3) is 0 Å². The molecule has 0 saturated carbocycles. The van der Waals surface area contributed by atoms with Crippen LogP contribution in [-0.4, -0.2) is 0 Å². The summed E-state index contributed by atoms with van der Waals surface area (Å²) in [7, 11) is 0. The maximum Gasteiger partial charge on any atom is 0.143 e. The van der Waals surface area contributed by atoms with Gasteiger partial charge in [-0.2, -0.15) is 0 Å². The van der Waals surface area contributed by atoms with E-state index in [4.69, 9.17) is 4.42 Å². The van der Waals surface area contributed by atoms with Gasteiger partial charge in [-0.25, -0.2) is 0 Å². The zero-order valence-corrected chi connectivity index (χ0v) is 26.3. The summed E-state index contributed by atoms with van der Waals surface area (Å²) < 4.78 is 6.74. The van der Waals surface area contributed by atoms with Crippen LogP contribution in [0.25, 0.3) is 66.1 Å². The van der Waals surface area contributed by atoms with E-state index in [2.05, 4.69) is 193 Å². The first-order chi connectivity index (χ1) is 23.8. The van der Waals surface area contributed by atoms with Gasteiger partial charge in [0.1, 0.15) is 11.2 Å².